The van der Waals surface area contributed by atoms with Crippen molar-refractivity contribution in [2.24, 2.45) is 4.99 Å². The number of halogens is 1. The second kappa shape index (κ2) is 8.01. The highest BCUT2D eigenvalue weighted by Crippen LogP contribution is 2.34. The minimum Gasteiger partial charge on any atom is -0.386 e. The molecule has 2 aromatic rings. The van der Waals surface area contributed by atoms with Crippen LogP contribution >= 0.6 is 22.9 Å². The molecule has 1 aliphatic rings. The Bertz CT molecular complexity index is 716. The molecule has 0 bridgehead atoms. The molecule has 2 unspecified atom stereocenters. The van der Waals surface area contributed by atoms with Crippen molar-refractivity contribution in [2.75, 3.05) is 19.6 Å². The maximum absolute atomic E-state index is 10.2. The van der Waals surface area contributed by atoms with Crippen LogP contribution in [0.2, 0.25) is 4.34 Å². The summed E-state index contributed by atoms with van der Waals surface area (Å²) in [6.07, 6.45) is 0.487. The molecule has 24 heavy (non-hydrogen) atoms. The van der Waals surface area contributed by atoms with Gasteiger partial charge in [0.25, 0.3) is 0 Å². The predicted octanol–water partition coefficient (Wildman–Crippen LogP) is 3.33. The first-order chi connectivity index (χ1) is 11.7. The summed E-state index contributed by atoms with van der Waals surface area (Å²) in [7, 11) is 0. The molecule has 0 fully saturated rings. The Hall–Kier alpha value is -1.56. The highest BCUT2D eigenvalue weighted by atomic mass is 35.5. The lowest BCUT2D eigenvalue weighted by atomic mass is 9.78. The van der Waals surface area contributed by atoms with Gasteiger partial charge >= 0.3 is 0 Å². The first-order valence-electron chi connectivity index (χ1n) is 8.20. The average molecular weight is 364 g/mol. The standard InChI is InChI=1S/C18H22ClN3OS/c1-2-20-18(22-11-15(23)16-7-8-17(19)24-16)21-10-13-9-12-5-3-4-6-14(12)13/h3-8,13,15,23H,2,9-11H2,1H3,(H2,20,21,22). The molecule has 1 aromatic carbocycles. The zero-order chi connectivity index (χ0) is 16.9. The molecule has 1 heterocycles. The number of benzene rings is 1. The summed E-state index contributed by atoms with van der Waals surface area (Å²) in [5, 5.41) is 16.8. The lowest BCUT2D eigenvalue weighted by Crippen LogP contribution is -2.41. The molecule has 0 aliphatic heterocycles. The van der Waals surface area contributed by atoms with Gasteiger partial charge in [-0.1, -0.05) is 35.9 Å². The van der Waals surface area contributed by atoms with Crippen molar-refractivity contribution >= 4 is 28.9 Å². The van der Waals surface area contributed by atoms with Crippen LogP contribution in [0.1, 0.15) is 34.9 Å². The van der Waals surface area contributed by atoms with Gasteiger partial charge in [0, 0.05) is 23.9 Å². The summed E-state index contributed by atoms with van der Waals surface area (Å²) < 4.78 is 0.682. The highest BCUT2D eigenvalue weighted by Gasteiger charge is 2.25. The van der Waals surface area contributed by atoms with E-state index in [4.69, 9.17) is 11.6 Å². The zero-order valence-corrected chi connectivity index (χ0v) is 15.2. The van der Waals surface area contributed by atoms with Gasteiger partial charge in [0.1, 0.15) is 6.10 Å². The molecule has 0 saturated heterocycles. The van der Waals surface area contributed by atoms with E-state index in [1.807, 2.05) is 13.0 Å². The molecule has 4 nitrogen and oxygen atoms in total. The van der Waals surface area contributed by atoms with Crippen LogP contribution in [0.5, 0.6) is 0 Å². The van der Waals surface area contributed by atoms with Crippen molar-refractivity contribution in [1.82, 2.24) is 10.6 Å². The SMILES string of the molecule is CCNC(=NCC(O)c1ccc(Cl)s1)NCC1Cc2ccccc21. The Morgan fingerprint density at radius 2 is 2.17 bits per heavy atom. The molecule has 1 aromatic heterocycles. The van der Waals surface area contributed by atoms with Gasteiger partial charge in [0.2, 0.25) is 0 Å². The predicted molar refractivity (Wildman–Crippen MR) is 101 cm³/mol. The third kappa shape index (κ3) is 4.09. The van der Waals surface area contributed by atoms with Crippen LogP contribution in [0.3, 0.4) is 0 Å². The van der Waals surface area contributed by atoms with E-state index in [0.29, 0.717) is 16.8 Å². The first kappa shape index (κ1) is 17.3. The number of hydrogen-bond acceptors (Lipinski definition) is 3. The molecule has 3 rings (SSSR count). The summed E-state index contributed by atoms with van der Waals surface area (Å²) in [5.41, 5.74) is 2.87. The number of nitrogens with zero attached hydrogens (tertiary/aromatic N) is 1. The molecule has 6 heteroatoms. The number of aliphatic imine (C=N–C) groups is 1. The fourth-order valence-electron chi connectivity index (χ4n) is 2.88. The third-order valence-corrected chi connectivity index (χ3v) is 5.50. The monoisotopic (exact) mass is 363 g/mol. The Morgan fingerprint density at radius 1 is 1.33 bits per heavy atom. The van der Waals surface area contributed by atoms with Gasteiger partial charge in [0.15, 0.2) is 5.96 Å². The molecule has 3 N–H and O–H groups in total. The minimum atomic E-state index is -0.623. The van der Waals surface area contributed by atoms with Crippen LogP contribution in [0, 0.1) is 0 Å². The average Bonchev–Trinajstić information content (AvgIpc) is 2.99. The Morgan fingerprint density at radius 3 is 2.88 bits per heavy atom. The van der Waals surface area contributed by atoms with Crippen LogP contribution in [-0.2, 0) is 6.42 Å². The zero-order valence-electron chi connectivity index (χ0n) is 13.6. The molecule has 0 spiro atoms. The topological polar surface area (TPSA) is 56.7 Å². The van der Waals surface area contributed by atoms with Crippen LogP contribution < -0.4 is 10.6 Å². The second-order valence-corrected chi connectivity index (χ2v) is 7.60. The van der Waals surface area contributed by atoms with E-state index < -0.39 is 6.10 Å². The Balaban J connectivity index is 1.54. The summed E-state index contributed by atoms with van der Waals surface area (Å²) in [5.74, 6) is 1.27. The Labute approximate surface area is 151 Å². The van der Waals surface area contributed by atoms with E-state index in [2.05, 4.69) is 39.9 Å². The molecule has 0 saturated carbocycles. The number of fused-ring (bicyclic) bond motifs is 1. The van der Waals surface area contributed by atoms with Crippen molar-refractivity contribution in [1.29, 1.82) is 0 Å². The van der Waals surface area contributed by atoms with Crippen molar-refractivity contribution < 1.29 is 5.11 Å². The lowest BCUT2D eigenvalue weighted by Gasteiger charge is -2.30. The van der Waals surface area contributed by atoms with E-state index in [-0.39, 0.29) is 0 Å². The maximum atomic E-state index is 10.2. The van der Waals surface area contributed by atoms with Gasteiger partial charge in [-0.25, -0.2) is 0 Å². The molecule has 2 atom stereocenters. The quantitative estimate of drug-likeness (QED) is 0.545. The molecule has 0 radical (unpaired) electrons. The number of thiophene rings is 1. The number of guanidine groups is 1. The summed E-state index contributed by atoms with van der Waals surface area (Å²) >= 11 is 7.30. The Kier molecular flexibility index (Phi) is 5.76. The molecular weight excluding hydrogens is 342 g/mol. The summed E-state index contributed by atoms with van der Waals surface area (Å²) in [6.45, 7) is 3.98. The van der Waals surface area contributed by atoms with Crippen LogP contribution in [0.15, 0.2) is 41.4 Å². The molecular formula is C18H22ClN3OS. The van der Waals surface area contributed by atoms with Gasteiger partial charge in [0.05, 0.1) is 10.9 Å². The summed E-state index contributed by atoms with van der Waals surface area (Å²) in [6, 6.07) is 12.2. The number of hydrogen-bond donors (Lipinski definition) is 3. The maximum Gasteiger partial charge on any atom is 0.191 e. The number of rotatable bonds is 6. The number of aliphatic hydroxyl groups excluding tert-OH is 1. The van der Waals surface area contributed by atoms with Gasteiger partial charge < -0.3 is 15.7 Å². The van der Waals surface area contributed by atoms with Crippen LogP contribution in [0.4, 0.5) is 0 Å². The van der Waals surface area contributed by atoms with Gasteiger partial charge in [-0.2, -0.15) is 0 Å². The second-order valence-electron chi connectivity index (χ2n) is 5.86. The normalized spacial score (nSPS) is 17.8. The smallest absolute Gasteiger partial charge is 0.191 e. The van der Waals surface area contributed by atoms with Gasteiger partial charge in [-0.3, -0.25) is 4.99 Å². The molecule has 128 valence electrons. The number of aliphatic hydroxyl groups is 1. The van der Waals surface area contributed by atoms with Crippen molar-refractivity contribution in [3.63, 3.8) is 0 Å². The van der Waals surface area contributed by atoms with E-state index in [1.165, 1.54) is 22.5 Å². The van der Waals surface area contributed by atoms with E-state index in [9.17, 15) is 5.11 Å². The minimum absolute atomic E-state index is 0.313. The fourth-order valence-corrected chi connectivity index (χ4v) is 3.92. The largest absolute Gasteiger partial charge is 0.386 e. The van der Waals surface area contributed by atoms with Crippen LogP contribution in [0.25, 0.3) is 0 Å². The van der Waals surface area contributed by atoms with Crippen molar-refractivity contribution in [3.05, 3.63) is 56.7 Å². The van der Waals surface area contributed by atoms with E-state index in [0.717, 1.165) is 30.3 Å². The van der Waals surface area contributed by atoms with Crippen molar-refractivity contribution in [2.45, 2.75) is 25.4 Å². The third-order valence-electron chi connectivity index (χ3n) is 4.17. The molecule has 0 amide bonds. The summed E-state index contributed by atoms with van der Waals surface area (Å²) in [4.78, 5) is 5.33. The van der Waals surface area contributed by atoms with E-state index >= 15 is 0 Å². The van der Waals surface area contributed by atoms with Gasteiger partial charge in [-0.05, 0) is 36.6 Å². The highest BCUT2D eigenvalue weighted by molar-refractivity contribution is 7.16. The van der Waals surface area contributed by atoms with E-state index in [1.54, 1.807) is 6.07 Å². The van der Waals surface area contributed by atoms with Crippen molar-refractivity contribution in [3.8, 4) is 0 Å². The molecule has 1 aliphatic carbocycles. The fraction of sp³-hybridized carbons (Fsp3) is 0.389. The van der Waals surface area contributed by atoms with Gasteiger partial charge in [-0.15, -0.1) is 11.3 Å². The number of nitrogens with one attached hydrogen (secondary N) is 2. The lowest BCUT2D eigenvalue weighted by molar-refractivity contribution is 0.191. The van der Waals surface area contributed by atoms with Crippen LogP contribution in [-0.4, -0.2) is 30.7 Å². The first-order valence-corrected chi connectivity index (χ1v) is 9.40.